The summed E-state index contributed by atoms with van der Waals surface area (Å²) in [5.74, 6) is -4.27. The Morgan fingerprint density at radius 2 is 1.82 bits per heavy atom. The number of ether oxygens (including phenoxy) is 3. The van der Waals surface area contributed by atoms with Gasteiger partial charge in [-0.25, -0.2) is 22.8 Å². The standard InChI is InChI=1S/C28H37F3O7/c1-15-9-17-18-11-20(30)19-10-16(32)7-8-25(19,5)27(18,31)21(33)12-26(17,6)28(15,22(34)37-14-29)38-23(35)36-13-24(2,3)4/h7-8,10,15,17-18,20-21,33H,9,11-14H2,1-6H3/t15-,17+,18+,20+,21+,25+,26+,27+,28+/m1/s1. The van der Waals surface area contributed by atoms with Gasteiger partial charge in [-0.05, 0) is 55.2 Å². The molecule has 0 saturated heterocycles. The van der Waals surface area contributed by atoms with Gasteiger partial charge < -0.3 is 19.3 Å². The molecular formula is C28H37F3O7. The van der Waals surface area contributed by atoms with Gasteiger partial charge in [0.15, 0.2) is 11.5 Å². The number of aliphatic hydroxyl groups excluding tert-OH is 1. The van der Waals surface area contributed by atoms with E-state index in [-0.39, 0.29) is 31.4 Å². The number of carbonyl (C=O) groups excluding carboxylic acids is 3. The van der Waals surface area contributed by atoms with Crippen molar-refractivity contribution in [2.45, 2.75) is 84.4 Å². The second-order valence-electron chi connectivity index (χ2n) is 13.0. The molecule has 0 spiro atoms. The van der Waals surface area contributed by atoms with Crippen LogP contribution in [0.4, 0.5) is 18.0 Å². The van der Waals surface area contributed by atoms with Gasteiger partial charge in [0.05, 0.1) is 12.7 Å². The molecule has 0 aromatic heterocycles. The van der Waals surface area contributed by atoms with Gasteiger partial charge >= 0.3 is 12.1 Å². The first-order valence-electron chi connectivity index (χ1n) is 13.0. The molecule has 0 unspecified atom stereocenters. The number of rotatable bonds is 4. The van der Waals surface area contributed by atoms with Gasteiger partial charge in [-0.15, -0.1) is 0 Å². The Morgan fingerprint density at radius 3 is 2.42 bits per heavy atom. The second-order valence-corrected chi connectivity index (χ2v) is 13.0. The fraction of sp³-hybridized carbons (Fsp3) is 0.750. The number of hydrogen-bond acceptors (Lipinski definition) is 7. The average Bonchev–Trinajstić information content (AvgIpc) is 3.03. The molecule has 7 nitrogen and oxygen atoms in total. The molecule has 0 radical (unpaired) electrons. The first kappa shape index (κ1) is 28.6. The minimum absolute atomic E-state index is 0.0254. The molecule has 10 heteroatoms. The van der Waals surface area contributed by atoms with Crippen molar-refractivity contribution in [2.24, 2.45) is 34.0 Å². The first-order valence-corrected chi connectivity index (χ1v) is 13.0. The van der Waals surface area contributed by atoms with E-state index >= 15 is 8.78 Å². The predicted molar refractivity (Wildman–Crippen MR) is 130 cm³/mol. The van der Waals surface area contributed by atoms with Gasteiger partial charge in [-0.2, -0.15) is 0 Å². The number of fused-ring (bicyclic) bond motifs is 5. The van der Waals surface area contributed by atoms with Gasteiger partial charge in [-0.1, -0.05) is 40.7 Å². The van der Waals surface area contributed by atoms with Crippen LogP contribution < -0.4 is 0 Å². The molecular weight excluding hydrogens is 505 g/mol. The third kappa shape index (κ3) is 3.84. The van der Waals surface area contributed by atoms with Crippen molar-refractivity contribution < 1.29 is 46.9 Å². The Hall–Kier alpha value is -2.36. The van der Waals surface area contributed by atoms with Gasteiger partial charge in [0.2, 0.25) is 12.5 Å². The van der Waals surface area contributed by atoms with Crippen molar-refractivity contribution in [1.29, 1.82) is 0 Å². The maximum Gasteiger partial charge on any atom is 0.509 e. The molecule has 4 aliphatic carbocycles. The Morgan fingerprint density at radius 1 is 1.16 bits per heavy atom. The molecule has 4 rings (SSSR count). The largest absolute Gasteiger partial charge is 0.509 e. The molecule has 0 aliphatic heterocycles. The van der Waals surface area contributed by atoms with Crippen LogP contribution in [0.2, 0.25) is 0 Å². The van der Waals surface area contributed by atoms with E-state index in [0.29, 0.717) is 0 Å². The van der Waals surface area contributed by atoms with Crippen molar-refractivity contribution in [3.05, 3.63) is 23.8 Å². The normalized spacial score (nSPS) is 43.9. The molecule has 0 aromatic rings. The summed E-state index contributed by atoms with van der Waals surface area (Å²) in [6.45, 7) is 8.61. The molecule has 1 N–H and O–H groups in total. The third-order valence-electron chi connectivity index (χ3n) is 9.52. The van der Waals surface area contributed by atoms with Crippen LogP contribution in [0.25, 0.3) is 0 Å². The second kappa shape index (κ2) is 9.10. The monoisotopic (exact) mass is 542 g/mol. The number of allylic oxidation sites excluding steroid dienone is 4. The fourth-order valence-electron chi connectivity index (χ4n) is 7.81. The number of aliphatic hydroxyl groups is 1. The first-order chi connectivity index (χ1) is 17.5. The van der Waals surface area contributed by atoms with Crippen LogP contribution >= 0.6 is 0 Å². The van der Waals surface area contributed by atoms with E-state index in [9.17, 15) is 23.9 Å². The van der Waals surface area contributed by atoms with Crippen molar-refractivity contribution in [1.82, 2.24) is 0 Å². The molecule has 38 heavy (non-hydrogen) atoms. The molecule has 0 aromatic carbocycles. The minimum Gasteiger partial charge on any atom is -0.434 e. The third-order valence-corrected chi connectivity index (χ3v) is 9.52. The number of halogens is 3. The highest BCUT2D eigenvalue weighted by molar-refractivity contribution is 6.01. The van der Waals surface area contributed by atoms with Crippen molar-refractivity contribution >= 4 is 17.9 Å². The number of esters is 1. The number of ketones is 1. The zero-order chi connectivity index (χ0) is 28.5. The number of carbonyl (C=O) groups is 3. The van der Waals surface area contributed by atoms with E-state index in [2.05, 4.69) is 0 Å². The van der Waals surface area contributed by atoms with Crippen LogP contribution in [-0.2, 0) is 23.8 Å². The Balaban J connectivity index is 1.80. The highest BCUT2D eigenvalue weighted by Crippen LogP contribution is 2.71. The summed E-state index contributed by atoms with van der Waals surface area (Å²) in [5.41, 5.74) is -7.98. The summed E-state index contributed by atoms with van der Waals surface area (Å²) in [6, 6.07) is 0. The molecule has 3 saturated carbocycles. The molecule has 212 valence electrons. The van der Waals surface area contributed by atoms with Gasteiger partial charge in [0, 0.05) is 22.7 Å². The maximum atomic E-state index is 17.4. The van der Waals surface area contributed by atoms with E-state index in [1.165, 1.54) is 19.1 Å². The smallest absolute Gasteiger partial charge is 0.434 e. The molecule has 0 bridgehead atoms. The highest BCUT2D eigenvalue weighted by atomic mass is 19.1. The van der Waals surface area contributed by atoms with E-state index in [1.807, 2.05) is 20.8 Å². The molecule has 3 fully saturated rings. The number of hydrogen-bond donors (Lipinski definition) is 1. The van der Waals surface area contributed by atoms with Crippen LogP contribution in [0.1, 0.15) is 60.8 Å². The lowest BCUT2D eigenvalue weighted by Gasteiger charge is -2.62. The quantitative estimate of drug-likeness (QED) is 0.502. The zero-order valence-corrected chi connectivity index (χ0v) is 22.7. The lowest BCUT2D eigenvalue weighted by Crippen LogP contribution is -2.71. The summed E-state index contributed by atoms with van der Waals surface area (Å²) < 4.78 is 62.0. The van der Waals surface area contributed by atoms with Crippen molar-refractivity contribution in [2.75, 3.05) is 13.5 Å². The molecule has 9 atom stereocenters. The summed E-state index contributed by atoms with van der Waals surface area (Å²) in [4.78, 5) is 38.3. The molecule has 4 aliphatic rings. The minimum atomic E-state index is -2.38. The van der Waals surface area contributed by atoms with Crippen molar-refractivity contribution in [3.63, 3.8) is 0 Å². The van der Waals surface area contributed by atoms with E-state index in [1.54, 1.807) is 13.8 Å². The van der Waals surface area contributed by atoms with Gasteiger partial charge in [0.1, 0.15) is 6.17 Å². The van der Waals surface area contributed by atoms with Crippen molar-refractivity contribution in [3.8, 4) is 0 Å². The summed E-state index contributed by atoms with van der Waals surface area (Å²) in [6.07, 6.45) is -1.56. The van der Waals surface area contributed by atoms with Crippen LogP contribution in [0, 0.1) is 34.0 Å². The van der Waals surface area contributed by atoms with Gasteiger partial charge in [0.25, 0.3) is 0 Å². The van der Waals surface area contributed by atoms with E-state index in [4.69, 9.17) is 14.2 Å². The van der Waals surface area contributed by atoms with E-state index < -0.39 is 82.3 Å². The van der Waals surface area contributed by atoms with Crippen LogP contribution in [0.3, 0.4) is 0 Å². The Labute approximate surface area is 220 Å². The Kier molecular flexibility index (Phi) is 6.86. The maximum absolute atomic E-state index is 17.4. The predicted octanol–water partition coefficient (Wildman–Crippen LogP) is 4.96. The molecule has 0 heterocycles. The van der Waals surface area contributed by atoms with Gasteiger partial charge in [-0.3, -0.25) is 4.79 Å². The summed E-state index contributed by atoms with van der Waals surface area (Å²) >= 11 is 0. The van der Waals surface area contributed by atoms with E-state index in [0.717, 1.165) is 6.08 Å². The zero-order valence-electron chi connectivity index (χ0n) is 22.7. The van der Waals surface area contributed by atoms with Crippen LogP contribution in [0.15, 0.2) is 23.8 Å². The highest BCUT2D eigenvalue weighted by Gasteiger charge is 2.79. The van der Waals surface area contributed by atoms with Crippen LogP contribution in [0.5, 0.6) is 0 Å². The fourth-order valence-corrected chi connectivity index (χ4v) is 7.81. The summed E-state index contributed by atoms with van der Waals surface area (Å²) in [5, 5.41) is 11.5. The number of alkyl halides is 3. The average molecular weight is 543 g/mol. The molecule has 0 amide bonds. The SMILES string of the molecule is C[C@@H]1C[C@H]2[C@@H]3C[C@H](F)C4=CC(=O)C=C[C@]4(C)[C@@]3(F)[C@@H](O)C[C@]2(C)[C@@]1(OC(=O)OCC(C)(C)C)C(=O)OCF. The lowest BCUT2D eigenvalue weighted by atomic mass is 9.44. The summed E-state index contributed by atoms with van der Waals surface area (Å²) in [7, 11) is 0. The Bertz CT molecular complexity index is 1080. The lowest BCUT2D eigenvalue weighted by molar-refractivity contribution is -0.235. The van der Waals surface area contributed by atoms with Crippen LogP contribution in [-0.4, -0.2) is 60.0 Å². The topological polar surface area (TPSA) is 99.1 Å².